The van der Waals surface area contributed by atoms with Gasteiger partial charge in [-0.2, -0.15) is 5.10 Å². The third kappa shape index (κ3) is 2.59. The number of carbonyl (C=O) groups is 1. The highest BCUT2D eigenvalue weighted by atomic mass is 35.5. The summed E-state index contributed by atoms with van der Waals surface area (Å²) in [7, 11) is 1.67. The number of amides is 1. The van der Waals surface area contributed by atoms with Crippen molar-refractivity contribution in [1.82, 2.24) is 15.1 Å². The zero-order valence-electron chi connectivity index (χ0n) is 9.11. The summed E-state index contributed by atoms with van der Waals surface area (Å²) in [6.45, 7) is 0.431. The van der Waals surface area contributed by atoms with Crippen LogP contribution < -0.4 is 11.1 Å². The van der Waals surface area contributed by atoms with E-state index in [0.29, 0.717) is 22.3 Å². The first-order chi connectivity index (χ1) is 8.08. The molecule has 90 valence electrons. The van der Waals surface area contributed by atoms with Crippen LogP contribution in [-0.2, 0) is 13.6 Å². The number of halogens is 1. The van der Waals surface area contributed by atoms with Crippen LogP contribution in [0.25, 0.3) is 0 Å². The maximum atomic E-state index is 11.8. The lowest BCUT2D eigenvalue weighted by molar-refractivity contribution is 0.0943. The van der Waals surface area contributed by atoms with Crippen molar-refractivity contribution in [2.75, 3.05) is 5.73 Å². The van der Waals surface area contributed by atoms with Gasteiger partial charge in [0.25, 0.3) is 5.91 Å². The number of thiophene rings is 1. The maximum absolute atomic E-state index is 11.8. The van der Waals surface area contributed by atoms with E-state index in [1.807, 2.05) is 6.07 Å². The SMILES string of the molecule is Cn1ncc(N)c1C(=O)NCc1ccc(Cl)s1. The number of hydrogen-bond acceptors (Lipinski definition) is 4. The summed E-state index contributed by atoms with van der Waals surface area (Å²) < 4.78 is 2.15. The molecular formula is C10H11ClN4OS. The van der Waals surface area contributed by atoms with Gasteiger partial charge in [0, 0.05) is 11.9 Å². The molecule has 0 spiro atoms. The number of nitrogens with two attached hydrogens (primary N) is 1. The lowest BCUT2D eigenvalue weighted by Gasteiger charge is -2.04. The number of aromatic nitrogens is 2. The molecular weight excluding hydrogens is 260 g/mol. The zero-order chi connectivity index (χ0) is 12.4. The second-order valence-corrected chi connectivity index (χ2v) is 5.26. The highest BCUT2D eigenvalue weighted by molar-refractivity contribution is 7.16. The van der Waals surface area contributed by atoms with Gasteiger partial charge in [0.1, 0.15) is 5.69 Å². The molecule has 0 atom stereocenters. The molecule has 3 N–H and O–H groups in total. The van der Waals surface area contributed by atoms with E-state index < -0.39 is 0 Å². The number of rotatable bonds is 3. The number of carbonyl (C=O) groups excluding carboxylic acids is 1. The van der Waals surface area contributed by atoms with Crippen LogP contribution in [0.3, 0.4) is 0 Å². The number of anilines is 1. The minimum atomic E-state index is -0.243. The Labute approximate surface area is 107 Å². The first-order valence-electron chi connectivity index (χ1n) is 4.88. The third-order valence-electron chi connectivity index (χ3n) is 2.23. The van der Waals surface area contributed by atoms with Gasteiger partial charge >= 0.3 is 0 Å². The summed E-state index contributed by atoms with van der Waals surface area (Å²) in [6, 6.07) is 3.67. The van der Waals surface area contributed by atoms with E-state index in [4.69, 9.17) is 17.3 Å². The molecule has 0 saturated carbocycles. The van der Waals surface area contributed by atoms with Crippen LogP contribution in [0.2, 0.25) is 4.34 Å². The van der Waals surface area contributed by atoms with E-state index in [1.54, 1.807) is 13.1 Å². The number of nitrogens with one attached hydrogen (secondary N) is 1. The minimum Gasteiger partial charge on any atom is -0.396 e. The van der Waals surface area contributed by atoms with Gasteiger partial charge in [-0.15, -0.1) is 11.3 Å². The standard InChI is InChI=1S/C10H11ClN4OS/c1-15-9(7(12)5-14-15)10(16)13-4-6-2-3-8(11)17-6/h2-3,5H,4,12H2,1H3,(H,13,16). The van der Waals surface area contributed by atoms with E-state index in [9.17, 15) is 4.79 Å². The second-order valence-electron chi connectivity index (χ2n) is 3.46. The van der Waals surface area contributed by atoms with E-state index in [1.165, 1.54) is 22.2 Å². The minimum absolute atomic E-state index is 0.243. The fourth-order valence-corrected chi connectivity index (χ4v) is 2.46. The molecule has 1 amide bonds. The van der Waals surface area contributed by atoms with Crippen molar-refractivity contribution in [3.63, 3.8) is 0 Å². The van der Waals surface area contributed by atoms with Crippen LogP contribution in [0, 0.1) is 0 Å². The average Bonchev–Trinajstić information content (AvgIpc) is 2.83. The second kappa shape index (κ2) is 4.77. The lowest BCUT2D eigenvalue weighted by Crippen LogP contribution is -2.25. The molecule has 0 aliphatic rings. The molecule has 2 heterocycles. The molecule has 0 fully saturated rings. The molecule has 0 unspecified atom stereocenters. The molecule has 2 rings (SSSR count). The largest absolute Gasteiger partial charge is 0.396 e. The summed E-state index contributed by atoms with van der Waals surface area (Å²) in [5, 5.41) is 6.68. The monoisotopic (exact) mass is 270 g/mol. The fraction of sp³-hybridized carbons (Fsp3) is 0.200. The summed E-state index contributed by atoms with van der Waals surface area (Å²) in [6.07, 6.45) is 1.46. The first-order valence-corrected chi connectivity index (χ1v) is 6.07. The number of hydrogen-bond donors (Lipinski definition) is 2. The van der Waals surface area contributed by atoms with Crippen molar-refractivity contribution in [3.8, 4) is 0 Å². The van der Waals surface area contributed by atoms with Crippen LogP contribution in [0.4, 0.5) is 5.69 Å². The Balaban J connectivity index is 2.03. The molecule has 0 aliphatic carbocycles. The summed E-state index contributed by atoms with van der Waals surface area (Å²) in [5.41, 5.74) is 6.39. The van der Waals surface area contributed by atoms with Crippen molar-refractivity contribution >= 4 is 34.5 Å². The van der Waals surface area contributed by atoms with Gasteiger partial charge in [0.2, 0.25) is 0 Å². The van der Waals surface area contributed by atoms with E-state index >= 15 is 0 Å². The molecule has 0 radical (unpaired) electrons. The Bertz CT molecular complexity index is 529. The quantitative estimate of drug-likeness (QED) is 0.891. The van der Waals surface area contributed by atoms with Crippen LogP contribution in [0.5, 0.6) is 0 Å². The van der Waals surface area contributed by atoms with Crippen LogP contribution >= 0.6 is 22.9 Å². The van der Waals surface area contributed by atoms with Gasteiger partial charge in [0.15, 0.2) is 0 Å². The summed E-state index contributed by atoms with van der Waals surface area (Å²) in [4.78, 5) is 12.8. The van der Waals surface area contributed by atoms with Gasteiger partial charge in [-0.25, -0.2) is 0 Å². The van der Waals surface area contributed by atoms with Gasteiger partial charge < -0.3 is 11.1 Å². The third-order valence-corrected chi connectivity index (χ3v) is 3.47. The summed E-state index contributed by atoms with van der Waals surface area (Å²) in [5.74, 6) is -0.243. The number of aryl methyl sites for hydroxylation is 1. The van der Waals surface area contributed by atoms with E-state index in [0.717, 1.165) is 4.88 Å². The van der Waals surface area contributed by atoms with Crippen LogP contribution in [0.1, 0.15) is 15.4 Å². The molecule has 0 bridgehead atoms. The topological polar surface area (TPSA) is 72.9 Å². The number of nitrogens with zero attached hydrogens (tertiary/aromatic N) is 2. The van der Waals surface area contributed by atoms with Gasteiger partial charge in [-0.3, -0.25) is 9.48 Å². The van der Waals surface area contributed by atoms with Crippen molar-refractivity contribution in [2.24, 2.45) is 7.05 Å². The average molecular weight is 271 g/mol. The van der Waals surface area contributed by atoms with E-state index in [-0.39, 0.29) is 5.91 Å². The Kier molecular flexibility index (Phi) is 3.35. The normalized spacial score (nSPS) is 10.5. The fourth-order valence-electron chi connectivity index (χ4n) is 1.43. The molecule has 2 aromatic rings. The smallest absolute Gasteiger partial charge is 0.271 e. The Morgan fingerprint density at radius 3 is 2.94 bits per heavy atom. The van der Waals surface area contributed by atoms with Crippen molar-refractivity contribution in [1.29, 1.82) is 0 Å². The van der Waals surface area contributed by atoms with E-state index in [2.05, 4.69) is 10.4 Å². The van der Waals surface area contributed by atoms with Crippen molar-refractivity contribution in [3.05, 3.63) is 33.2 Å². The zero-order valence-corrected chi connectivity index (χ0v) is 10.7. The predicted molar refractivity (Wildman–Crippen MR) is 68.1 cm³/mol. The van der Waals surface area contributed by atoms with Gasteiger partial charge in [-0.1, -0.05) is 11.6 Å². The molecule has 2 aromatic heterocycles. The molecule has 0 saturated heterocycles. The highest BCUT2D eigenvalue weighted by Gasteiger charge is 2.14. The molecule has 0 aliphatic heterocycles. The Morgan fingerprint density at radius 2 is 2.41 bits per heavy atom. The highest BCUT2D eigenvalue weighted by Crippen LogP contribution is 2.21. The predicted octanol–water partition coefficient (Wildman–Crippen LogP) is 1.65. The Hall–Kier alpha value is -1.53. The molecule has 17 heavy (non-hydrogen) atoms. The van der Waals surface area contributed by atoms with Gasteiger partial charge in [-0.05, 0) is 12.1 Å². The van der Waals surface area contributed by atoms with Crippen molar-refractivity contribution < 1.29 is 4.79 Å². The van der Waals surface area contributed by atoms with Crippen molar-refractivity contribution in [2.45, 2.75) is 6.54 Å². The molecule has 0 aromatic carbocycles. The Morgan fingerprint density at radius 1 is 1.65 bits per heavy atom. The number of nitrogen functional groups attached to an aromatic ring is 1. The summed E-state index contributed by atoms with van der Waals surface area (Å²) >= 11 is 7.23. The van der Waals surface area contributed by atoms with Crippen LogP contribution in [0.15, 0.2) is 18.3 Å². The van der Waals surface area contributed by atoms with Gasteiger partial charge in [0.05, 0.1) is 22.8 Å². The maximum Gasteiger partial charge on any atom is 0.271 e. The van der Waals surface area contributed by atoms with Crippen LogP contribution in [-0.4, -0.2) is 15.7 Å². The lowest BCUT2D eigenvalue weighted by atomic mass is 10.3. The first kappa shape index (κ1) is 11.9. The molecule has 5 nitrogen and oxygen atoms in total. The molecule has 7 heteroatoms.